The van der Waals surface area contributed by atoms with Crippen LogP contribution in [0.15, 0.2) is 16.6 Å². The summed E-state index contributed by atoms with van der Waals surface area (Å²) in [5.41, 5.74) is -0.0362. The quantitative estimate of drug-likeness (QED) is 0.643. The molecule has 1 rings (SSSR count). The molecule has 0 aliphatic rings. The lowest BCUT2D eigenvalue weighted by Gasteiger charge is -2.08. The molecule has 0 saturated heterocycles. The maximum atomic E-state index is 13.5. The number of likely N-dealkylation sites (N-methyl/N-ethyl adjacent to an activating group) is 1. The van der Waals surface area contributed by atoms with E-state index in [0.29, 0.717) is 13.2 Å². The number of ether oxygens (including phenoxy) is 1. The van der Waals surface area contributed by atoms with Crippen molar-refractivity contribution in [2.45, 2.75) is 13.5 Å². The Balaban J connectivity index is 2.50. The zero-order valence-electron chi connectivity index (χ0n) is 9.03. The van der Waals surface area contributed by atoms with Crippen molar-refractivity contribution in [2.24, 2.45) is 0 Å². The topological polar surface area (TPSA) is 21.3 Å². The van der Waals surface area contributed by atoms with Gasteiger partial charge in [0.25, 0.3) is 0 Å². The highest BCUT2D eigenvalue weighted by molar-refractivity contribution is 9.10. The predicted molar refractivity (Wildman–Crippen MR) is 62.3 cm³/mol. The van der Waals surface area contributed by atoms with E-state index in [2.05, 4.69) is 21.2 Å². The van der Waals surface area contributed by atoms with Crippen LogP contribution in [0.2, 0.25) is 0 Å². The number of rotatable bonds is 6. The van der Waals surface area contributed by atoms with Crippen molar-refractivity contribution < 1.29 is 13.5 Å². The zero-order chi connectivity index (χ0) is 12.0. The van der Waals surface area contributed by atoms with Crippen LogP contribution in [0.4, 0.5) is 8.78 Å². The third-order valence-corrected chi connectivity index (χ3v) is 2.67. The van der Waals surface area contributed by atoms with Gasteiger partial charge in [-0.05, 0) is 34.6 Å². The third-order valence-electron chi connectivity index (χ3n) is 2.06. The monoisotopic (exact) mass is 293 g/mol. The maximum Gasteiger partial charge on any atom is 0.145 e. The summed E-state index contributed by atoms with van der Waals surface area (Å²) in [5, 5.41) is 3.05. The van der Waals surface area contributed by atoms with E-state index in [9.17, 15) is 8.78 Å². The van der Waals surface area contributed by atoms with Gasteiger partial charge in [-0.3, -0.25) is 0 Å². The molecule has 5 heteroatoms. The predicted octanol–water partition coefficient (Wildman–Crippen LogP) is 2.85. The van der Waals surface area contributed by atoms with Gasteiger partial charge in [0, 0.05) is 6.54 Å². The van der Waals surface area contributed by atoms with Crippen LogP contribution in [0.5, 0.6) is 0 Å². The number of hydrogen-bond acceptors (Lipinski definition) is 2. The second-order valence-corrected chi connectivity index (χ2v) is 4.08. The van der Waals surface area contributed by atoms with Crippen LogP contribution >= 0.6 is 15.9 Å². The van der Waals surface area contributed by atoms with E-state index in [0.717, 1.165) is 6.54 Å². The first-order valence-electron chi connectivity index (χ1n) is 5.07. The molecule has 0 saturated carbocycles. The number of hydrogen-bond donors (Lipinski definition) is 1. The first kappa shape index (κ1) is 13.5. The van der Waals surface area contributed by atoms with Crippen LogP contribution in [0.25, 0.3) is 0 Å². The Morgan fingerprint density at radius 2 is 2.12 bits per heavy atom. The van der Waals surface area contributed by atoms with E-state index < -0.39 is 11.6 Å². The molecular weight excluding hydrogens is 280 g/mol. The van der Waals surface area contributed by atoms with Crippen LogP contribution < -0.4 is 5.32 Å². The van der Waals surface area contributed by atoms with Gasteiger partial charge in [-0.1, -0.05) is 6.92 Å². The van der Waals surface area contributed by atoms with Crippen LogP contribution in [0.1, 0.15) is 12.5 Å². The Morgan fingerprint density at radius 3 is 2.81 bits per heavy atom. The highest BCUT2D eigenvalue weighted by atomic mass is 79.9. The molecule has 0 bridgehead atoms. The van der Waals surface area contributed by atoms with Crippen LogP contribution in [0.3, 0.4) is 0 Å². The van der Waals surface area contributed by atoms with Gasteiger partial charge in [0.2, 0.25) is 0 Å². The van der Waals surface area contributed by atoms with Gasteiger partial charge >= 0.3 is 0 Å². The van der Waals surface area contributed by atoms with Gasteiger partial charge in [-0.25, -0.2) is 8.78 Å². The normalized spacial score (nSPS) is 10.8. The minimum Gasteiger partial charge on any atom is -0.375 e. The molecule has 0 amide bonds. The number of benzene rings is 1. The maximum absolute atomic E-state index is 13.5. The molecule has 0 radical (unpaired) electrons. The summed E-state index contributed by atoms with van der Waals surface area (Å²) < 4.78 is 32.1. The highest BCUT2D eigenvalue weighted by Crippen LogP contribution is 2.22. The smallest absolute Gasteiger partial charge is 0.145 e. The van der Waals surface area contributed by atoms with Crippen LogP contribution in [-0.4, -0.2) is 19.7 Å². The first-order chi connectivity index (χ1) is 7.66. The third kappa shape index (κ3) is 3.81. The summed E-state index contributed by atoms with van der Waals surface area (Å²) in [6.45, 7) is 3.88. The van der Waals surface area contributed by atoms with Gasteiger partial charge in [-0.15, -0.1) is 0 Å². The largest absolute Gasteiger partial charge is 0.375 e. The minimum absolute atomic E-state index is 0.0362. The van der Waals surface area contributed by atoms with E-state index in [1.807, 2.05) is 6.92 Å². The average Bonchev–Trinajstić information content (AvgIpc) is 2.28. The van der Waals surface area contributed by atoms with Crippen molar-refractivity contribution in [1.29, 1.82) is 0 Å². The van der Waals surface area contributed by atoms with Crippen LogP contribution in [0, 0.1) is 11.6 Å². The average molecular weight is 294 g/mol. The van der Waals surface area contributed by atoms with Crippen molar-refractivity contribution in [3.8, 4) is 0 Å². The summed E-state index contributed by atoms with van der Waals surface area (Å²) in [7, 11) is 0. The molecule has 0 aromatic heterocycles. The van der Waals surface area contributed by atoms with Crippen molar-refractivity contribution in [3.05, 3.63) is 33.8 Å². The van der Waals surface area contributed by atoms with Crippen molar-refractivity contribution >= 4 is 15.9 Å². The van der Waals surface area contributed by atoms with Crippen LogP contribution in [-0.2, 0) is 11.3 Å². The van der Waals surface area contributed by atoms with Gasteiger partial charge in [-0.2, -0.15) is 0 Å². The molecule has 90 valence electrons. The minimum atomic E-state index is -0.594. The van der Waals surface area contributed by atoms with Gasteiger partial charge in [0.15, 0.2) is 0 Å². The summed E-state index contributed by atoms with van der Waals surface area (Å²) >= 11 is 3.00. The molecule has 1 N–H and O–H groups in total. The van der Waals surface area contributed by atoms with Crippen molar-refractivity contribution in [2.75, 3.05) is 19.7 Å². The molecule has 16 heavy (non-hydrogen) atoms. The molecule has 0 atom stereocenters. The second-order valence-electron chi connectivity index (χ2n) is 3.23. The molecule has 0 fully saturated rings. The molecule has 0 aliphatic heterocycles. The fourth-order valence-corrected chi connectivity index (χ4v) is 1.57. The van der Waals surface area contributed by atoms with Gasteiger partial charge in [0.1, 0.15) is 11.6 Å². The Labute approximate surface area is 102 Å². The van der Waals surface area contributed by atoms with E-state index in [1.165, 1.54) is 12.1 Å². The molecule has 0 heterocycles. The lowest BCUT2D eigenvalue weighted by molar-refractivity contribution is 0.118. The molecule has 0 unspecified atom stereocenters. The van der Waals surface area contributed by atoms with Gasteiger partial charge < -0.3 is 10.1 Å². The van der Waals surface area contributed by atoms with Gasteiger partial charge in [0.05, 0.1) is 23.2 Å². The van der Waals surface area contributed by atoms with E-state index in [-0.39, 0.29) is 16.6 Å². The lowest BCUT2D eigenvalue weighted by atomic mass is 10.2. The molecule has 1 aromatic rings. The van der Waals surface area contributed by atoms with E-state index in [1.54, 1.807) is 0 Å². The molecule has 1 aromatic carbocycles. The summed E-state index contributed by atoms with van der Waals surface area (Å²) in [5.74, 6) is -1.17. The van der Waals surface area contributed by atoms with E-state index in [4.69, 9.17) is 4.74 Å². The summed E-state index contributed by atoms with van der Waals surface area (Å²) in [6, 6.07) is 2.56. The standard InChI is InChI=1S/C11H14BrF2NO/c1-2-15-5-6-16-7-8-10(13)4-3-9(12)11(8)14/h3-4,15H,2,5-7H2,1H3. The number of halogens is 3. The fraction of sp³-hybridized carbons (Fsp3) is 0.455. The zero-order valence-corrected chi connectivity index (χ0v) is 10.6. The molecule has 0 aliphatic carbocycles. The Morgan fingerprint density at radius 1 is 1.38 bits per heavy atom. The Kier molecular flexibility index (Phi) is 5.87. The second kappa shape index (κ2) is 6.93. The van der Waals surface area contributed by atoms with E-state index >= 15 is 0 Å². The number of nitrogens with one attached hydrogen (secondary N) is 1. The fourth-order valence-electron chi connectivity index (χ4n) is 1.20. The lowest BCUT2D eigenvalue weighted by Crippen LogP contribution is -2.19. The van der Waals surface area contributed by atoms with Crippen molar-refractivity contribution in [1.82, 2.24) is 5.32 Å². The SMILES string of the molecule is CCNCCOCc1c(F)ccc(Br)c1F. The Bertz CT molecular complexity index is 347. The molecular formula is C11H14BrF2NO. The Hall–Kier alpha value is -0.520. The highest BCUT2D eigenvalue weighted by Gasteiger charge is 2.11. The summed E-state index contributed by atoms with van der Waals surface area (Å²) in [4.78, 5) is 0. The summed E-state index contributed by atoms with van der Waals surface area (Å²) in [6.07, 6.45) is 0. The first-order valence-corrected chi connectivity index (χ1v) is 5.87. The van der Waals surface area contributed by atoms with Crippen molar-refractivity contribution in [3.63, 3.8) is 0 Å². The molecule has 2 nitrogen and oxygen atoms in total. The molecule has 0 spiro atoms.